The number of benzene rings is 1. The van der Waals surface area contributed by atoms with Crippen LogP contribution in [0.1, 0.15) is 5.56 Å². The van der Waals surface area contributed by atoms with Crippen molar-refractivity contribution >= 4 is 40.2 Å². The third kappa shape index (κ3) is 5.53. The Bertz CT molecular complexity index is 218. The zero-order valence-electron chi connectivity index (χ0n) is 7.12. The van der Waals surface area contributed by atoms with E-state index in [2.05, 4.69) is 28.3 Å². The van der Waals surface area contributed by atoms with Crippen LogP contribution >= 0.6 is 40.2 Å². The van der Waals surface area contributed by atoms with E-state index in [0.717, 1.165) is 13.1 Å². The number of alkyl halides is 1. The predicted octanol–water partition coefficient (Wildman–Crippen LogP) is 3.46. The molecular weight excluding hydrogens is 273 g/mol. The minimum Gasteiger partial charge on any atom is -0.237 e. The summed E-state index contributed by atoms with van der Waals surface area (Å²) >= 11 is 9.01. The van der Waals surface area contributed by atoms with Gasteiger partial charge in [0.15, 0.2) is 0 Å². The molecule has 0 N–H and O–H groups in total. The molecule has 1 nitrogen and oxygen atoms in total. The van der Waals surface area contributed by atoms with Crippen molar-refractivity contribution in [3.8, 4) is 0 Å². The summed E-state index contributed by atoms with van der Waals surface area (Å²) in [6.45, 7) is 1.75. The normalized spacial score (nSPS) is 9.77. The van der Waals surface area contributed by atoms with Crippen LogP contribution in [-0.4, -0.2) is 16.4 Å². The van der Waals surface area contributed by atoms with Crippen LogP contribution in [0.4, 0.5) is 0 Å². The van der Waals surface area contributed by atoms with Crippen molar-refractivity contribution in [2.24, 2.45) is 0 Å². The zero-order valence-corrected chi connectivity index (χ0v) is 10.3. The fourth-order valence-corrected chi connectivity index (χ4v) is 1.83. The van der Waals surface area contributed by atoms with Crippen LogP contribution < -0.4 is 0 Å². The van der Waals surface area contributed by atoms with E-state index in [1.165, 1.54) is 5.56 Å². The maximum Gasteiger partial charge on any atom is 0.0360 e. The quantitative estimate of drug-likeness (QED) is 0.605. The third-order valence-corrected chi connectivity index (χ3v) is 2.30. The van der Waals surface area contributed by atoms with Gasteiger partial charge in [-0.2, -0.15) is 0 Å². The SMILES string of the molecule is Cl.ClCCN(Br)Cc1ccccc1. The molecule has 0 unspecified atom stereocenters. The Balaban J connectivity index is 0.00000144. The van der Waals surface area contributed by atoms with Crippen LogP contribution in [0.2, 0.25) is 0 Å². The van der Waals surface area contributed by atoms with Gasteiger partial charge in [0.2, 0.25) is 0 Å². The van der Waals surface area contributed by atoms with Gasteiger partial charge in [-0.1, -0.05) is 30.3 Å². The van der Waals surface area contributed by atoms with Crippen molar-refractivity contribution in [3.05, 3.63) is 35.9 Å². The van der Waals surface area contributed by atoms with Gasteiger partial charge in [0, 0.05) is 35.1 Å². The van der Waals surface area contributed by atoms with E-state index in [-0.39, 0.29) is 12.4 Å². The van der Waals surface area contributed by atoms with E-state index in [1.54, 1.807) is 0 Å². The minimum absolute atomic E-state index is 0. The molecule has 0 aliphatic heterocycles. The molecule has 0 aliphatic rings. The van der Waals surface area contributed by atoms with Gasteiger partial charge >= 0.3 is 0 Å². The summed E-state index contributed by atoms with van der Waals surface area (Å²) in [5.41, 5.74) is 1.29. The first-order valence-corrected chi connectivity index (χ1v) is 5.08. The zero-order chi connectivity index (χ0) is 8.81. The summed E-state index contributed by atoms with van der Waals surface area (Å²) in [6.07, 6.45) is 0. The van der Waals surface area contributed by atoms with Crippen LogP contribution in [0.25, 0.3) is 0 Å². The molecular formula is C9H12BrCl2N. The maximum absolute atomic E-state index is 5.59. The highest BCUT2D eigenvalue weighted by Crippen LogP contribution is 2.07. The predicted molar refractivity (Wildman–Crippen MR) is 63.7 cm³/mol. The topological polar surface area (TPSA) is 3.24 Å². The lowest BCUT2D eigenvalue weighted by atomic mass is 10.2. The van der Waals surface area contributed by atoms with Gasteiger partial charge in [-0.25, -0.2) is 3.93 Å². The summed E-state index contributed by atoms with van der Waals surface area (Å²) < 4.78 is 2.02. The Labute approximate surface area is 98.8 Å². The summed E-state index contributed by atoms with van der Waals surface area (Å²) in [7, 11) is 0. The standard InChI is InChI=1S/C9H11BrClN.ClH/c10-12(7-6-11)8-9-4-2-1-3-5-9;/h1-5H,6-8H2;1H. The monoisotopic (exact) mass is 283 g/mol. The molecule has 0 amide bonds. The van der Waals surface area contributed by atoms with Gasteiger partial charge in [0.1, 0.15) is 0 Å². The lowest BCUT2D eigenvalue weighted by Gasteiger charge is -2.11. The average molecular weight is 285 g/mol. The molecule has 74 valence electrons. The summed E-state index contributed by atoms with van der Waals surface area (Å²) in [4.78, 5) is 0. The number of hydrogen-bond donors (Lipinski definition) is 0. The Morgan fingerprint density at radius 1 is 1.23 bits per heavy atom. The van der Waals surface area contributed by atoms with Gasteiger partial charge < -0.3 is 0 Å². The lowest BCUT2D eigenvalue weighted by Crippen LogP contribution is -2.13. The fraction of sp³-hybridized carbons (Fsp3) is 0.333. The van der Waals surface area contributed by atoms with Crippen LogP contribution in [-0.2, 0) is 6.54 Å². The number of nitrogens with zero attached hydrogens (tertiary/aromatic N) is 1. The number of rotatable bonds is 4. The minimum atomic E-state index is 0. The van der Waals surface area contributed by atoms with Crippen molar-refractivity contribution in [2.75, 3.05) is 12.4 Å². The van der Waals surface area contributed by atoms with Crippen molar-refractivity contribution in [3.63, 3.8) is 0 Å². The second kappa shape index (κ2) is 7.63. The Kier molecular flexibility index (Phi) is 7.77. The molecule has 1 rings (SSSR count). The number of hydrogen-bond acceptors (Lipinski definition) is 1. The molecule has 0 atom stereocenters. The van der Waals surface area contributed by atoms with Crippen molar-refractivity contribution in [2.45, 2.75) is 6.54 Å². The molecule has 0 aromatic heterocycles. The molecule has 0 aliphatic carbocycles. The highest BCUT2D eigenvalue weighted by atomic mass is 79.9. The number of halogens is 3. The Hall–Kier alpha value is 0.240. The first kappa shape index (κ1) is 13.2. The first-order valence-electron chi connectivity index (χ1n) is 3.83. The molecule has 0 fully saturated rings. The van der Waals surface area contributed by atoms with E-state index < -0.39 is 0 Å². The maximum atomic E-state index is 5.59. The molecule has 1 aromatic carbocycles. The lowest BCUT2D eigenvalue weighted by molar-refractivity contribution is 0.514. The fourth-order valence-electron chi connectivity index (χ4n) is 0.952. The molecule has 0 heterocycles. The molecule has 0 radical (unpaired) electrons. The highest BCUT2D eigenvalue weighted by molar-refractivity contribution is 9.07. The van der Waals surface area contributed by atoms with Gasteiger partial charge in [-0.15, -0.1) is 24.0 Å². The van der Waals surface area contributed by atoms with Crippen LogP contribution in [0.5, 0.6) is 0 Å². The van der Waals surface area contributed by atoms with Crippen LogP contribution in [0.15, 0.2) is 30.3 Å². The van der Waals surface area contributed by atoms with Gasteiger partial charge in [-0.05, 0) is 5.56 Å². The van der Waals surface area contributed by atoms with Crippen molar-refractivity contribution in [1.82, 2.24) is 3.93 Å². The Morgan fingerprint density at radius 2 is 1.85 bits per heavy atom. The molecule has 0 bridgehead atoms. The summed E-state index contributed by atoms with van der Waals surface area (Å²) in [6, 6.07) is 10.3. The van der Waals surface area contributed by atoms with Gasteiger partial charge in [0.25, 0.3) is 0 Å². The molecule has 13 heavy (non-hydrogen) atoms. The Morgan fingerprint density at radius 3 is 2.38 bits per heavy atom. The molecule has 1 aromatic rings. The van der Waals surface area contributed by atoms with Gasteiger partial charge in [-0.3, -0.25) is 0 Å². The van der Waals surface area contributed by atoms with E-state index in [1.807, 2.05) is 22.1 Å². The van der Waals surface area contributed by atoms with E-state index in [4.69, 9.17) is 11.6 Å². The molecule has 4 heteroatoms. The van der Waals surface area contributed by atoms with Gasteiger partial charge in [0.05, 0.1) is 0 Å². The van der Waals surface area contributed by atoms with E-state index in [9.17, 15) is 0 Å². The van der Waals surface area contributed by atoms with Crippen LogP contribution in [0.3, 0.4) is 0 Å². The highest BCUT2D eigenvalue weighted by Gasteiger charge is 1.99. The smallest absolute Gasteiger partial charge is 0.0360 e. The largest absolute Gasteiger partial charge is 0.237 e. The van der Waals surface area contributed by atoms with Crippen molar-refractivity contribution in [1.29, 1.82) is 0 Å². The van der Waals surface area contributed by atoms with Crippen molar-refractivity contribution < 1.29 is 0 Å². The summed E-state index contributed by atoms with van der Waals surface area (Å²) in [5.74, 6) is 0.651. The molecule has 0 spiro atoms. The van der Waals surface area contributed by atoms with E-state index >= 15 is 0 Å². The second-order valence-electron chi connectivity index (χ2n) is 2.52. The molecule has 0 saturated carbocycles. The first-order chi connectivity index (χ1) is 5.83. The average Bonchev–Trinajstić information content (AvgIpc) is 2.06. The van der Waals surface area contributed by atoms with E-state index in [0.29, 0.717) is 5.88 Å². The molecule has 0 saturated heterocycles. The summed E-state index contributed by atoms with van der Waals surface area (Å²) in [5, 5.41) is 0. The second-order valence-corrected chi connectivity index (χ2v) is 3.90. The van der Waals surface area contributed by atoms with Crippen LogP contribution in [0, 0.1) is 0 Å². The third-order valence-electron chi connectivity index (χ3n) is 1.52.